The highest BCUT2D eigenvalue weighted by molar-refractivity contribution is 5.81. The molecule has 0 atom stereocenters. The second-order valence-electron chi connectivity index (χ2n) is 5.22. The predicted molar refractivity (Wildman–Crippen MR) is 75.1 cm³/mol. The van der Waals surface area contributed by atoms with Gasteiger partial charge in [0.1, 0.15) is 17.4 Å². The number of imidazole rings is 1. The number of rotatable bonds is 2. The average Bonchev–Trinajstić information content (AvgIpc) is 3.20. The van der Waals surface area contributed by atoms with Gasteiger partial charge in [0, 0.05) is 17.7 Å². The fourth-order valence-corrected chi connectivity index (χ4v) is 2.59. The molecule has 100 valence electrons. The lowest BCUT2D eigenvalue weighted by atomic mass is 10.2. The van der Waals surface area contributed by atoms with E-state index in [2.05, 4.69) is 9.55 Å². The minimum absolute atomic E-state index is 0.230. The molecule has 0 radical (unpaired) electrons. The van der Waals surface area contributed by atoms with Gasteiger partial charge >= 0.3 is 0 Å². The molecular formula is C16H13FN2O. The number of nitrogens with zero attached hydrogens (tertiary/aromatic N) is 2. The zero-order chi connectivity index (χ0) is 13.7. The Morgan fingerprint density at radius 2 is 1.85 bits per heavy atom. The zero-order valence-corrected chi connectivity index (χ0v) is 10.8. The van der Waals surface area contributed by atoms with Crippen LogP contribution in [0.5, 0.6) is 5.75 Å². The number of halogens is 1. The van der Waals surface area contributed by atoms with Crippen LogP contribution in [0.15, 0.2) is 42.5 Å². The van der Waals surface area contributed by atoms with E-state index >= 15 is 0 Å². The van der Waals surface area contributed by atoms with Crippen LogP contribution in [0.25, 0.3) is 22.4 Å². The monoisotopic (exact) mass is 268 g/mol. The summed E-state index contributed by atoms with van der Waals surface area (Å²) in [4.78, 5) is 4.58. The Bertz CT molecular complexity index is 788. The standard InChI is InChI=1S/C16H13FN2O/c17-11-3-8-15-14(9-11)18-16(19(15)12-4-5-12)10-1-6-13(20)7-2-10/h1-3,6-9,12,20H,4-5H2. The number of benzene rings is 2. The van der Waals surface area contributed by atoms with Gasteiger partial charge in [-0.2, -0.15) is 0 Å². The quantitative estimate of drug-likeness (QED) is 0.765. The van der Waals surface area contributed by atoms with E-state index in [1.165, 1.54) is 12.1 Å². The molecule has 0 saturated heterocycles. The van der Waals surface area contributed by atoms with Crippen LogP contribution < -0.4 is 0 Å². The Kier molecular flexibility index (Phi) is 2.33. The number of hydrogen-bond acceptors (Lipinski definition) is 2. The molecule has 3 nitrogen and oxygen atoms in total. The molecule has 0 amide bonds. The highest BCUT2D eigenvalue weighted by Gasteiger charge is 2.28. The highest BCUT2D eigenvalue weighted by atomic mass is 19.1. The Balaban J connectivity index is 1.97. The van der Waals surface area contributed by atoms with Gasteiger partial charge in [-0.05, 0) is 49.2 Å². The van der Waals surface area contributed by atoms with Crippen LogP contribution in [0.2, 0.25) is 0 Å². The molecule has 0 bridgehead atoms. The second-order valence-corrected chi connectivity index (χ2v) is 5.22. The van der Waals surface area contributed by atoms with Gasteiger partial charge in [-0.25, -0.2) is 9.37 Å². The van der Waals surface area contributed by atoms with Gasteiger partial charge in [0.15, 0.2) is 0 Å². The lowest BCUT2D eigenvalue weighted by molar-refractivity contribution is 0.475. The Morgan fingerprint density at radius 3 is 2.55 bits per heavy atom. The largest absolute Gasteiger partial charge is 0.508 e. The SMILES string of the molecule is Oc1ccc(-c2nc3cc(F)ccc3n2C2CC2)cc1. The molecule has 1 aromatic heterocycles. The first-order valence-electron chi connectivity index (χ1n) is 6.69. The molecule has 4 heteroatoms. The van der Waals surface area contributed by atoms with Gasteiger partial charge in [-0.15, -0.1) is 0 Å². The van der Waals surface area contributed by atoms with Crippen molar-refractivity contribution in [2.75, 3.05) is 0 Å². The lowest BCUT2D eigenvalue weighted by Gasteiger charge is -2.07. The van der Waals surface area contributed by atoms with E-state index in [1.54, 1.807) is 18.2 Å². The fourth-order valence-electron chi connectivity index (χ4n) is 2.59. The molecule has 20 heavy (non-hydrogen) atoms. The van der Waals surface area contributed by atoms with Crippen molar-refractivity contribution < 1.29 is 9.50 Å². The summed E-state index contributed by atoms with van der Waals surface area (Å²) in [6.07, 6.45) is 2.27. The lowest BCUT2D eigenvalue weighted by Crippen LogP contribution is -1.97. The topological polar surface area (TPSA) is 38.1 Å². The van der Waals surface area contributed by atoms with E-state index in [4.69, 9.17) is 0 Å². The molecule has 4 rings (SSSR count). The minimum atomic E-state index is -0.268. The summed E-state index contributed by atoms with van der Waals surface area (Å²) >= 11 is 0. The first-order chi connectivity index (χ1) is 9.72. The summed E-state index contributed by atoms with van der Waals surface area (Å²) in [5, 5.41) is 9.39. The van der Waals surface area contributed by atoms with E-state index in [9.17, 15) is 9.50 Å². The van der Waals surface area contributed by atoms with Crippen molar-refractivity contribution in [2.24, 2.45) is 0 Å². The maximum absolute atomic E-state index is 13.4. The van der Waals surface area contributed by atoms with Crippen LogP contribution in [-0.2, 0) is 0 Å². The Hall–Kier alpha value is -2.36. The predicted octanol–water partition coefficient (Wildman–Crippen LogP) is 3.88. The van der Waals surface area contributed by atoms with Crippen molar-refractivity contribution in [3.8, 4) is 17.1 Å². The number of hydrogen-bond donors (Lipinski definition) is 1. The number of aromatic hydroxyl groups is 1. The summed E-state index contributed by atoms with van der Waals surface area (Å²) in [5.41, 5.74) is 2.59. The molecule has 0 aliphatic heterocycles. The van der Waals surface area contributed by atoms with Gasteiger partial charge < -0.3 is 9.67 Å². The molecule has 1 heterocycles. The molecule has 0 spiro atoms. The molecule has 1 aliphatic carbocycles. The number of phenols is 1. The third-order valence-electron chi connectivity index (χ3n) is 3.69. The number of aromatic nitrogens is 2. The summed E-state index contributed by atoms with van der Waals surface area (Å²) in [5.74, 6) is 0.803. The van der Waals surface area contributed by atoms with Crippen molar-refractivity contribution in [2.45, 2.75) is 18.9 Å². The maximum atomic E-state index is 13.4. The van der Waals surface area contributed by atoms with Crippen LogP contribution in [-0.4, -0.2) is 14.7 Å². The second kappa shape index (κ2) is 4.07. The van der Waals surface area contributed by atoms with Gasteiger partial charge in [-0.3, -0.25) is 0 Å². The van der Waals surface area contributed by atoms with Crippen LogP contribution in [0.4, 0.5) is 4.39 Å². The maximum Gasteiger partial charge on any atom is 0.141 e. The van der Waals surface area contributed by atoms with Crippen LogP contribution in [0.3, 0.4) is 0 Å². The van der Waals surface area contributed by atoms with Crippen molar-refractivity contribution >= 4 is 11.0 Å². The molecule has 1 fully saturated rings. The summed E-state index contributed by atoms with van der Waals surface area (Å²) in [6.45, 7) is 0. The first kappa shape index (κ1) is 11.5. The minimum Gasteiger partial charge on any atom is -0.508 e. The van der Waals surface area contributed by atoms with Crippen LogP contribution in [0.1, 0.15) is 18.9 Å². The smallest absolute Gasteiger partial charge is 0.141 e. The van der Waals surface area contributed by atoms with E-state index in [0.717, 1.165) is 29.7 Å². The van der Waals surface area contributed by atoms with Gasteiger partial charge in [0.25, 0.3) is 0 Å². The molecule has 1 saturated carbocycles. The molecule has 3 aromatic rings. The molecule has 1 aliphatic rings. The van der Waals surface area contributed by atoms with Gasteiger partial charge in [0.2, 0.25) is 0 Å². The van der Waals surface area contributed by atoms with Gasteiger partial charge in [-0.1, -0.05) is 0 Å². The van der Waals surface area contributed by atoms with E-state index in [0.29, 0.717) is 11.6 Å². The first-order valence-corrected chi connectivity index (χ1v) is 6.69. The van der Waals surface area contributed by atoms with Crippen molar-refractivity contribution in [1.82, 2.24) is 9.55 Å². The third-order valence-corrected chi connectivity index (χ3v) is 3.69. The number of fused-ring (bicyclic) bond motifs is 1. The molecular weight excluding hydrogens is 255 g/mol. The van der Waals surface area contributed by atoms with Crippen LogP contribution >= 0.6 is 0 Å². The van der Waals surface area contributed by atoms with E-state index in [-0.39, 0.29) is 11.6 Å². The molecule has 1 N–H and O–H groups in total. The number of phenolic OH excluding ortho intramolecular Hbond substituents is 1. The zero-order valence-electron chi connectivity index (χ0n) is 10.8. The molecule has 2 aromatic carbocycles. The summed E-state index contributed by atoms with van der Waals surface area (Å²) in [6, 6.07) is 12.2. The van der Waals surface area contributed by atoms with Crippen molar-refractivity contribution in [1.29, 1.82) is 0 Å². The normalized spacial score (nSPS) is 14.8. The van der Waals surface area contributed by atoms with Crippen molar-refractivity contribution in [3.63, 3.8) is 0 Å². The third kappa shape index (κ3) is 1.76. The van der Waals surface area contributed by atoms with Gasteiger partial charge in [0.05, 0.1) is 11.0 Å². The average molecular weight is 268 g/mol. The summed E-state index contributed by atoms with van der Waals surface area (Å²) < 4.78 is 15.5. The Morgan fingerprint density at radius 1 is 1.10 bits per heavy atom. The van der Waals surface area contributed by atoms with E-state index < -0.39 is 0 Å². The van der Waals surface area contributed by atoms with E-state index in [1.807, 2.05) is 12.1 Å². The summed E-state index contributed by atoms with van der Waals surface area (Å²) in [7, 11) is 0. The van der Waals surface area contributed by atoms with Crippen molar-refractivity contribution in [3.05, 3.63) is 48.3 Å². The fraction of sp³-hybridized carbons (Fsp3) is 0.188. The van der Waals surface area contributed by atoms with Crippen LogP contribution in [0, 0.1) is 5.82 Å². The highest BCUT2D eigenvalue weighted by Crippen LogP contribution is 2.41. The molecule has 0 unspecified atom stereocenters. The Labute approximate surface area is 115 Å².